The first-order valence-electron chi connectivity index (χ1n) is 6.84. The van der Waals surface area contributed by atoms with E-state index >= 15 is 0 Å². The van der Waals surface area contributed by atoms with E-state index < -0.39 is 0 Å². The van der Waals surface area contributed by atoms with Crippen molar-refractivity contribution in [2.45, 2.75) is 38.8 Å². The molecule has 1 aromatic carbocycles. The van der Waals surface area contributed by atoms with Gasteiger partial charge < -0.3 is 5.32 Å². The van der Waals surface area contributed by atoms with Gasteiger partial charge in [-0.05, 0) is 56.6 Å². The van der Waals surface area contributed by atoms with Crippen molar-refractivity contribution < 1.29 is 4.39 Å². The van der Waals surface area contributed by atoms with Gasteiger partial charge in [-0.25, -0.2) is 4.39 Å². The Morgan fingerprint density at radius 2 is 2.22 bits per heavy atom. The monoisotopic (exact) mass is 250 g/mol. The molecule has 100 valence electrons. The van der Waals surface area contributed by atoms with Crippen molar-refractivity contribution in [1.82, 2.24) is 10.2 Å². The van der Waals surface area contributed by atoms with Crippen molar-refractivity contribution >= 4 is 0 Å². The molecule has 1 saturated heterocycles. The first-order valence-corrected chi connectivity index (χ1v) is 6.84. The van der Waals surface area contributed by atoms with Crippen molar-refractivity contribution in [2.75, 3.05) is 20.1 Å². The summed E-state index contributed by atoms with van der Waals surface area (Å²) in [5.74, 6) is -0.137. The zero-order valence-corrected chi connectivity index (χ0v) is 11.4. The Balaban J connectivity index is 2.06. The quantitative estimate of drug-likeness (QED) is 0.884. The van der Waals surface area contributed by atoms with Gasteiger partial charge in [0.1, 0.15) is 5.82 Å². The van der Waals surface area contributed by atoms with Gasteiger partial charge in [-0.3, -0.25) is 4.90 Å². The Labute approximate surface area is 109 Å². The summed E-state index contributed by atoms with van der Waals surface area (Å²) in [6.07, 6.45) is 3.87. The fourth-order valence-corrected chi connectivity index (χ4v) is 2.79. The predicted octanol–water partition coefficient (Wildman–Crippen LogP) is 2.71. The van der Waals surface area contributed by atoms with Crippen LogP contribution in [0.2, 0.25) is 0 Å². The minimum Gasteiger partial charge on any atom is -0.318 e. The third-order valence-corrected chi connectivity index (χ3v) is 3.87. The summed E-state index contributed by atoms with van der Waals surface area (Å²) in [6, 6.07) is 5.75. The highest BCUT2D eigenvalue weighted by Gasteiger charge is 2.22. The number of hydrogen-bond acceptors (Lipinski definition) is 2. The summed E-state index contributed by atoms with van der Waals surface area (Å²) in [7, 11) is 2.01. The second-order valence-corrected chi connectivity index (χ2v) is 5.25. The van der Waals surface area contributed by atoms with E-state index in [0.717, 1.165) is 25.2 Å². The minimum absolute atomic E-state index is 0.137. The molecule has 1 aliphatic rings. The molecule has 1 heterocycles. The summed E-state index contributed by atoms with van der Waals surface area (Å²) in [6.45, 7) is 5.14. The summed E-state index contributed by atoms with van der Waals surface area (Å²) in [5, 5.41) is 3.28. The molecule has 3 heteroatoms. The molecule has 18 heavy (non-hydrogen) atoms. The zero-order chi connectivity index (χ0) is 13.0. The van der Waals surface area contributed by atoms with E-state index in [1.165, 1.54) is 24.8 Å². The number of benzene rings is 1. The summed E-state index contributed by atoms with van der Waals surface area (Å²) < 4.78 is 13.1. The van der Waals surface area contributed by atoms with E-state index in [1.54, 1.807) is 12.1 Å². The number of nitrogens with one attached hydrogen (secondary N) is 1. The van der Waals surface area contributed by atoms with Gasteiger partial charge in [-0.15, -0.1) is 0 Å². The molecule has 0 spiro atoms. The third-order valence-electron chi connectivity index (χ3n) is 3.87. The molecule has 0 aromatic heterocycles. The van der Waals surface area contributed by atoms with E-state index in [1.807, 2.05) is 20.0 Å². The van der Waals surface area contributed by atoms with Crippen LogP contribution in [0.1, 0.15) is 30.4 Å². The van der Waals surface area contributed by atoms with Gasteiger partial charge in [-0.1, -0.05) is 12.5 Å². The molecule has 2 nitrogen and oxygen atoms in total. The smallest absolute Gasteiger partial charge is 0.123 e. The van der Waals surface area contributed by atoms with Crippen molar-refractivity contribution in [3.63, 3.8) is 0 Å². The second kappa shape index (κ2) is 6.30. The lowest BCUT2D eigenvalue weighted by atomic mass is 10.00. The van der Waals surface area contributed by atoms with Gasteiger partial charge in [0.05, 0.1) is 0 Å². The number of nitrogens with zero attached hydrogens (tertiary/aromatic N) is 1. The molecule has 0 aliphatic carbocycles. The van der Waals surface area contributed by atoms with Gasteiger partial charge in [-0.2, -0.15) is 0 Å². The zero-order valence-electron chi connectivity index (χ0n) is 11.4. The molecule has 1 unspecified atom stereocenters. The van der Waals surface area contributed by atoms with Crippen LogP contribution in [0.25, 0.3) is 0 Å². The van der Waals surface area contributed by atoms with Crippen LogP contribution in [0.15, 0.2) is 18.2 Å². The molecule has 1 fully saturated rings. The molecule has 0 radical (unpaired) electrons. The number of likely N-dealkylation sites (tertiary alicyclic amines) is 1. The topological polar surface area (TPSA) is 15.3 Å². The fourth-order valence-electron chi connectivity index (χ4n) is 2.79. The van der Waals surface area contributed by atoms with Gasteiger partial charge in [0.15, 0.2) is 0 Å². The molecule has 0 saturated carbocycles. The lowest BCUT2D eigenvalue weighted by molar-refractivity contribution is 0.139. The van der Waals surface area contributed by atoms with E-state index in [9.17, 15) is 4.39 Å². The van der Waals surface area contributed by atoms with Gasteiger partial charge in [0.25, 0.3) is 0 Å². The molecular formula is C15H23FN2. The molecular weight excluding hydrogens is 227 g/mol. The first kappa shape index (κ1) is 13.5. The van der Waals surface area contributed by atoms with Crippen LogP contribution >= 0.6 is 0 Å². The Kier molecular flexibility index (Phi) is 4.72. The van der Waals surface area contributed by atoms with Crippen molar-refractivity contribution in [3.8, 4) is 0 Å². The maximum atomic E-state index is 13.1. The van der Waals surface area contributed by atoms with Crippen molar-refractivity contribution in [1.29, 1.82) is 0 Å². The Morgan fingerprint density at radius 3 is 2.94 bits per heavy atom. The normalized spacial score (nSPS) is 21.2. The van der Waals surface area contributed by atoms with Gasteiger partial charge in [0, 0.05) is 19.1 Å². The van der Waals surface area contributed by atoms with Crippen LogP contribution in [-0.2, 0) is 6.54 Å². The molecule has 1 N–H and O–H groups in total. The number of likely N-dealkylation sites (N-methyl/N-ethyl adjacent to an activating group) is 1. The highest BCUT2D eigenvalue weighted by atomic mass is 19.1. The number of piperidine rings is 1. The van der Waals surface area contributed by atoms with Crippen molar-refractivity contribution in [3.05, 3.63) is 35.1 Å². The number of rotatable bonds is 4. The second-order valence-electron chi connectivity index (χ2n) is 5.25. The Morgan fingerprint density at radius 1 is 1.39 bits per heavy atom. The Bertz CT molecular complexity index is 390. The van der Waals surface area contributed by atoms with E-state index in [0.29, 0.717) is 6.04 Å². The first-order chi connectivity index (χ1) is 8.70. The molecule has 1 atom stereocenters. The number of aryl methyl sites for hydroxylation is 1. The lowest BCUT2D eigenvalue weighted by Gasteiger charge is -2.36. The minimum atomic E-state index is -0.137. The lowest BCUT2D eigenvalue weighted by Crippen LogP contribution is -2.44. The molecule has 2 rings (SSSR count). The molecule has 0 amide bonds. The van der Waals surface area contributed by atoms with E-state index in [4.69, 9.17) is 0 Å². The predicted molar refractivity (Wildman–Crippen MR) is 73.1 cm³/mol. The summed E-state index contributed by atoms with van der Waals surface area (Å²) in [4.78, 5) is 2.53. The van der Waals surface area contributed by atoms with E-state index in [-0.39, 0.29) is 5.82 Å². The van der Waals surface area contributed by atoms with Crippen LogP contribution in [0.4, 0.5) is 4.39 Å². The van der Waals surface area contributed by atoms with Crippen molar-refractivity contribution in [2.24, 2.45) is 0 Å². The maximum absolute atomic E-state index is 13.1. The SMILES string of the molecule is CNCC1CCCCN1Cc1ccc(F)cc1C. The average molecular weight is 250 g/mol. The van der Waals surface area contributed by atoms with Gasteiger partial charge >= 0.3 is 0 Å². The number of halogens is 1. The molecule has 1 aliphatic heterocycles. The molecule has 0 bridgehead atoms. The summed E-state index contributed by atoms with van der Waals surface area (Å²) >= 11 is 0. The Hall–Kier alpha value is -0.930. The number of hydrogen-bond donors (Lipinski definition) is 1. The van der Waals surface area contributed by atoms with Crippen LogP contribution in [0.5, 0.6) is 0 Å². The van der Waals surface area contributed by atoms with Gasteiger partial charge in [0.2, 0.25) is 0 Å². The highest BCUT2D eigenvalue weighted by Crippen LogP contribution is 2.21. The van der Waals surface area contributed by atoms with Crippen LogP contribution in [-0.4, -0.2) is 31.1 Å². The van der Waals surface area contributed by atoms with Crippen LogP contribution in [0, 0.1) is 12.7 Å². The average Bonchev–Trinajstić information content (AvgIpc) is 2.35. The maximum Gasteiger partial charge on any atom is 0.123 e. The van der Waals surface area contributed by atoms with Crippen LogP contribution < -0.4 is 5.32 Å². The fraction of sp³-hybridized carbons (Fsp3) is 0.600. The highest BCUT2D eigenvalue weighted by molar-refractivity contribution is 5.26. The molecule has 1 aromatic rings. The van der Waals surface area contributed by atoms with E-state index in [2.05, 4.69) is 10.2 Å². The largest absolute Gasteiger partial charge is 0.318 e. The van der Waals surface area contributed by atoms with Crippen LogP contribution in [0.3, 0.4) is 0 Å². The summed E-state index contributed by atoms with van der Waals surface area (Å²) in [5.41, 5.74) is 2.31. The standard InChI is InChI=1S/C15H23FN2/c1-12-9-14(16)7-6-13(12)11-18-8-4-3-5-15(18)10-17-2/h6-7,9,15,17H,3-5,8,10-11H2,1-2H3. The third kappa shape index (κ3) is 3.30.